The smallest absolute Gasteiger partial charge is 0.408 e. The molecule has 0 spiro atoms. The number of ether oxygens (including phenoxy) is 1. The zero-order chi connectivity index (χ0) is 25.3. The summed E-state index contributed by atoms with van der Waals surface area (Å²) in [6, 6.07) is 18.5. The van der Waals surface area contributed by atoms with Crippen molar-refractivity contribution < 1.29 is 24.0 Å². The molecule has 0 saturated carbocycles. The largest absolute Gasteiger partial charge is 0.445 e. The molecule has 0 aliphatic rings. The Kier molecular flexibility index (Phi) is 12.9. The molecule has 0 heterocycles. The van der Waals surface area contributed by atoms with Crippen LogP contribution in [-0.2, 0) is 32.4 Å². The number of alkyl carbamates (subject to hydrolysis) is 1. The van der Waals surface area contributed by atoms with Gasteiger partial charge >= 0.3 is 6.09 Å². The Morgan fingerprint density at radius 2 is 1.54 bits per heavy atom. The van der Waals surface area contributed by atoms with Gasteiger partial charge in [-0.15, -0.1) is 0 Å². The minimum atomic E-state index is -0.621. The number of benzene rings is 2. The standard InChI is InChI=1S/C27H37N3O5/c1-3-5-8-17-24(25(4-2)30(21-31)35-19-23-15-11-7-12-16-23)26(32)28-20-29-27(33)34-18-22-13-9-6-10-14-22/h6-7,9-16,21,24-25H,3-5,8,17-20H2,1-2H3,(H,28,32)(H,29,33)/t24-,25-/m1/s1. The van der Waals surface area contributed by atoms with E-state index in [1.54, 1.807) is 0 Å². The topological polar surface area (TPSA) is 97.0 Å². The van der Waals surface area contributed by atoms with Crippen LogP contribution >= 0.6 is 0 Å². The third kappa shape index (κ3) is 10.2. The fraction of sp³-hybridized carbons (Fsp3) is 0.444. The molecule has 190 valence electrons. The maximum Gasteiger partial charge on any atom is 0.408 e. The van der Waals surface area contributed by atoms with Crippen molar-refractivity contribution in [3.05, 3.63) is 71.8 Å². The van der Waals surface area contributed by atoms with Crippen LogP contribution in [0.15, 0.2) is 60.7 Å². The molecular formula is C27H37N3O5. The summed E-state index contributed by atoms with van der Waals surface area (Å²) < 4.78 is 5.17. The number of nitrogens with one attached hydrogen (secondary N) is 2. The van der Waals surface area contributed by atoms with Gasteiger partial charge in [0.05, 0.1) is 18.6 Å². The summed E-state index contributed by atoms with van der Waals surface area (Å²) in [6.07, 6.45) is 4.02. The van der Waals surface area contributed by atoms with Gasteiger partial charge in [0.1, 0.15) is 13.2 Å². The van der Waals surface area contributed by atoms with Gasteiger partial charge in [-0.25, -0.2) is 9.86 Å². The van der Waals surface area contributed by atoms with Gasteiger partial charge < -0.3 is 15.4 Å². The molecule has 0 radical (unpaired) electrons. The molecule has 3 amide bonds. The first-order valence-corrected chi connectivity index (χ1v) is 12.2. The van der Waals surface area contributed by atoms with E-state index in [0.717, 1.165) is 30.4 Å². The van der Waals surface area contributed by atoms with E-state index in [4.69, 9.17) is 9.57 Å². The van der Waals surface area contributed by atoms with Crippen molar-refractivity contribution in [3.63, 3.8) is 0 Å². The molecule has 0 aromatic heterocycles. The molecule has 0 unspecified atom stereocenters. The van der Waals surface area contributed by atoms with E-state index >= 15 is 0 Å². The van der Waals surface area contributed by atoms with Crippen molar-refractivity contribution in [2.24, 2.45) is 5.92 Å². The van der Waals surface area contributed by atoms with Gasteiger partial charge in [-0.3, -0.25) is 14.4 Å². The average Bonchev–Trinajstić information content (AvgIpc) is 2.89. The number of nitrogens with zero attached hydrogens (tertiary/aromatic N) is 1. The summed E-state index contributed by atoms with van der Waals surface area (Å²) >= 11 is 0. The lowest BCUT2D eigenvalue weighted by atomic mass is 9.90. The van der Waals surface area contributed by atoms with Crippen molar-refractivity contribution in [1.82, 2.24) is 15.7 Å². The van der Waals surface area contributed by atoms with Gasteiger partial charge in [0.2, 0.25) is 12.3 Å². The Morgan fingerprint density at radius 1 is 0.914 bits per heavy atom. The maximum atomic E-state index is 13.1. The van der Waals surface area contributed by atoms with Gasteiger partial charge in [0.25, 0.3) is 0 Å². The predicted molar refractivity (Wildman–Crippen MR) is 134 cm³/mol. The van der Waals surface area contributed by atoms with Gasteiger partial charge in [0.15, 0.2) is 0 Å². The van der Waals surface area contributed by atoms with Crippen LogP contribution in [0.2, 0.25) is 0 Å². The summed E-state index contributed by atoms with van der Waals surface area (Å²) in [5.41, 5.74) is 1.80. The van der Waals surface area contributed by atoms with Crippen LogP contribution in [0.4, 0.5) is 4.79 Å². The fourth-order valence-electron chi connectivity index (χ4n) is 3.79. The number of unbranched alkanes of at least 4 members (excludes halogenated alkanes) is 2. The number of carbonyl (C=O) groups excluding carboxylic acids is 3. The number of hydrogen-bond acceptors (Lipinski definition) is 5. The summed E-state index contributed by atoms with van der Waals surface area (Å²) in [5, 5.41) is 6.56. The summed E-state index contributed by atoms with van der Waals surface area (Å²) in [7, 11) is 0. The molecule has 2 aromatic rings. The number of hydrogen-bond donors (Lipinski definition) is 2. The lowest BCUT2D eigenvalue weighted by Gasteiger charge is -2.32. The van der Waals surface area contributed by atoms with Crippen molar-refractivity contribution in [1.29, 1.82) is 0 Å². The molecule has 35 heavy (non-hydrogen) atoms. The van der Waals surface area contributed by atoms with E-state index in [-0.39, 0.29) is 25.8 Å². The van der Waals surface area contributed by atoms with Gasteiger partial charge in [0, 0.05) is 0 Å². The Bertz CT molecular complexity index is 879. The summed E-state index contributed by atoms with van der Waals surface area (Å²) in [4.78, 5) is 42.7. The van der Waals surface area contributed by atoms with Crippen molar-refractivity contribution in [2.75, 3.05) is 6.67 Å². The molecule has 0 saturated heterocycles. The molecule has 8 heteroatoms. The van der Waals surface area contributed by atoms with Crippen LogP contribution in [0.1, 0.15) is 57.1 Å². The Morgan fingerprint density at radius 3 is 2.11 bits per heavy atom. The number of hydroxylamine groups is 2. The van der Waals surface area contributed by atoms with Crippen LogP contribution in [0.25, 0.3) is 0 Å². The lowest BCUT2D eigenvalue weighted by molar-refractivity contribution is -0.200. The highest BCUT2D eigenvalue weighted by molar-refractivity contribution is 5.80. The molecule has 0 aliphatic heterocycles. The predicted octanol–water partition coefficient (Wildman–Crippen LogP) is 4.55. The average molecular weight is 484 g/mol. The number of carbonyl (C=O) groups is 3. The van der Waals surface area contributed by atoms with Crippen LogP contribution < -0.4 is 10.6 Å². The Labute approximate surface area is 207 Å². The van der Waals surface area contributed by atoms with E-state index in [2.05, 4.69) is 17.6 Å². The van der Waals surface area contributed by atoms with Crippen LogP contribution in [0.5, 0.6) is 0 Å². The van der Waals surface area contributed by atoms with Crippen LogP contribution in [-0.4, -0.2) is 36.2 Å². The highest BCUT2D eigenvalue weighted by atomic mass is 16.7. The molecule has 2 aromatic carbocycles. The minimum absolute atomic E-state index is 0.0703. The second-order valence-electron chi connectivity index (χ2n) is 8.26. The quantitative estimate of drug-likeness (QED) is 0.158. The third-order valence-electron chi connectivity index (χ3n) is 5.70. The van der Waals surface area contributed by atoms with E-state index in [0.29, 0.717) is 19.3 Å². The minimum Gasteiger partial charge on any atom is -0.445 e. The molecular weight excluding hydrogens is 446 g/mol. The van der Waals surface area contributed by atoms with Crippen LogP contribution in [0, 0.1) is 5.92 Å². The van der Waals surface area contributed by atoms with Gasteiger partial charge in [-0.1, -0.05) is 93.8 Å². The zero-order valence-corrected chi connectivity index (χ0v) is 20.7. The molecule has 0 aliphatic carbocycles. The molecule has 0 bridgehead atoms. The van der Waals surface area contributed by atoms with E-state index in [1.165, 1.54) is 5.06 Å². The highest BCUT2D eigenvalue weighted by Gasteiger charge is 2.32. The molecule has 2 atom stereocenters. The van der Waals surface area contributed by atoms with Crippen LogP contribution in [0.3, 0.4) is 0 Å². The lowest BCUT2D eigenvalue weighted by Crippen LogP contribution is -2.48. The van der Waals surface area contributed by atoms with Gasteiger partial charge in [-0.05, 0) is 24.0 Å². The Balaban J connectivity index is 1.92. The van der Waals surface area contributed by atoms with Crippen molar-refractivity contribution in [2.45, 2.75) is 65.2 Å². The SMILES string of the molecule is CCCCC[C@@H](C(=O)NCNC(=O)OCc1ccccc1)[C@@H](CC)N(C=O)OCc1ccccc1. The van der Waals surface area contributed by atoms with E-state index in [1.807, 2.05) is 67.6 Å². The third-order valence-corrected chi connectivity index (χ3v) is 5.70. The number of amides is 3. The van der Waals surface area contributed by atoms with E-state index in [9.17, 15) is 14.4 Å². The Hall–Kier alpha value is -3.39. The first-order chi connectivity index (χ1) is 17.1. The highest BCUT2D eigenvalue weighted by Crippen LogP contribution is 2.22. The number of rotatable bonds is 16. The first-order valence-electron chi connectivity index (χ1n) is 12.2. The van der Waals surface area contributed by atoms with Crippen molar-refractivity contribution >= 4 is 18.4 Å². The van der Waals surface area contributed by atoms with Crippen molar-refractivity contribution in [3.8, 4) is 0 Å². The van der Waals surface area contributed by atoms with E-state index < -0.39 is 18.1 Å². The monoisotopic (exact) mass is 483 g/mol. The second kappa shape index (κ2) is 16.3. The maximum absolute atomic E-state index is 13.1. The molecule has 2 rings (SSSR count). The van der Waals surface area contributed by atoms with Gasteiger partial charge in [-0.2, -0.15) is 0 Å². The zero-order valence-electron chi connectivity index (χ0n) is 20.7. The second-order valence-corrected chi connectivity index (χ2v) is 8.26. The molecule has 0 fully saturated rings. The fourth-order valence-corrected chi connectivity index (χ4v) is 3.79. The normalized spacial score (nSPS) is 12.3. The molecule has 2 N–H and O–H groups in total. The summed E-state index contributed by atoms with van der Waals surface area (Å²) in [5.74, 6) is -0.721. The molecule has 8 nitrogen and oxygen atoms in total. The first kappa shape index (κ1) is 27.9. The summed E-state index contributed by atoms with van der Waals surface area (Å²) in [6.45, 7) is 4.32.